The van der Waals surface area contributed by atoms with E-state index in [0.717, 1.165) is 38.4 Å². The van der Waals surface area contributed by atoms with Crippen LogP contribution < -0.4 is 0 Å². The third-order valence-electron chi connectivity index (χ3n) is 2.68. The number of hydrogen-bond donors (Lipinski definition) is 0. The Morgan fingerprint density at radius 3 is 2.71 bits per heavy atom. The van der Waals surface area contributed by atoms with Crippen LogP contribution in [0.1, 0.15) is 6.42 Å². The summed E-state index contributed by atoms with van der Waals surface area (Å²) in [7, 11) is 2.17. The summed E-state index contributed by atoms with van der Waals surface area (Å²) in [5, 5.41) is 0. The van der Waals surface area contributed by atoms with Crippen molar-refractivity contribution in [2.45, 2.75) is 6.42 Å². The van der Waals surface area contributed by atoms with Crippen molar-refractivity contribution in [3.63, 3.8) is 0 Å². The maximum Gasteiger partial charge on any atom is 0.128 e. The molecule has 2 rings (SSSR count). The number of allylic oxidation sites excluding steroid dienone is 2. The number of piperazine rings is 1. The minimum Gasteiger partial charge on any atom is -0.354 e. The zero-order chi connectivity index (χ0) is 9.80. The van der Waals surface area contributed by atoms with E-state index < -0.39 is 0 Å². The van der Waals surface area contributed by atoms with Gasteiger partial charge in [-0.15, -0.1) is 0 Å². The van der Waals surface area contributed by atoms with E-state index in [0.29, 0.717) is 0 Å². The number of hydrogen-bond acceptors (Lipinski definition) is 3. The van der Waals surface area contributed by atoms with Crippen molar-refractivity contribution in [1.82, 2.24) is 9.80 Å². The molecule has 1 fully saturated rings. The van der Waals surface area contributed by atoms with Crippen molar-refractivity contribution < 1.29 is 0 Å². The average Bonchev–Trinajstić information content (AvgIpc) is 2.47. The van der Waals surface area contributed by atoms with E-state index in [1.165, 1.54) is 0 Å². The quantitative estimate of drug-likeness (QED) is 0.571. The van der Waals surface area contributed by atoms with Crippen molar-refractivity contribution in [2.24, 2.45) is 4.99 Å². The molecule has 2 heterocycles. The van der Waals surface area contributed by atoms with E-state index in [1.54, 1.807) is 0 Å². The molecule has 0 aromatic rings. The molecule has 0 N–H and O–H groups in total. The Bertz CT molecular complexity index is 270. The summed E-state index contributed by atoms with van der Waals surface area (Å²) in [6, 6.07) is 0. The van der Waals surface area contributed by atoms with E-state index in [4.69, 9.17) is 0 Å². The molecule has 0 radical (unpaired) electrons. The fourth-order valence-corrected chi connectivity index (χ4v) is 1.71. The fourth-order valence-electron chi connectivity index (χ4n) is 1.71. The monoisotopic (exact) mass is 191 g/mol. The van der Waals surface area contributed by atoms with Crippen LogP contribution in [-0.2, 0) is 0 Å². The number of nitrogens with zero attached hydrogens (tertiary/aromatic N) is 3. The zero-order valence-electron chi connectivity index (χ0n) is 8.69. The first-order chi connectivity index (χ1) is 6.86. The van der Waals surface area contributed by atoms with E-state index in [2.05, 4.69) is 40.1 Å². The van der Waals surface area contributed by atoms with Crippen LogP contribution in [0.3, 0.4) is 0 Å². The molecule has 76 valence electrons. The highest BCUT2D eigenvalue weighted by Gasteiger charge is 2.15. The second kappa shape index (κ2) is 4.42. The van der Waals surface area contributed by atoms with E-state index in [-0.39, 0.29) is 0 Å². The fraction of sp³-hybridized carbons (Fsp3) is 0.545. The van der Waals surface area contributed by atoms with Gasteiger partial charge in [0.25, 0.3) is 0 Å². The highest BCUT2D eigenvalue weighted by atomic mass is 15.3. The van der Waals surface area contributed by atoms with Gasteiger partial charge < -0.3 is 9.80 Å². The summed E-state index contributed by atoms with van der Waals surface area (Å²) in [5.41, 5.74) is 0. The molecule has 0 bridgehead atoms. The van der Waals surface area contributed by atoms with Crippen LogP contribution >= 0.6 is 0 Å². The molecule has 3 nitrogen and oxygen atoms in total. The van der Waals surface area contributed by atoms with E-state index in [1.807, 2.05) is 6.20 Å². The standard InChI is InChI=1S/C11H17N3/c1-13-7-9-14(10-8-13)11-5-3-2-4-6-12-11/h3-6H,2,7-10H2,1H3. The summed E-state index contributed by atoms with van der Waals surface area (Å²) in [5.74, 6) is 1.12. The Morgan fingerprint density at radius 1 is 1.14 bits per heavy atom. The SMILES string of the molecule is CN1CCN(C2=NC=CCC=C2)CC1. The van der Waals surface area contributed by atoms with Crippen LogP contribution in [0.4, 0.5) is 0 Å². The molecule has 0 unspecified atom stereocenters. The van der Waals surface area contributed by atoms with Gasteiger partial charge in [0.1, 0.15) is 5.84 Å². The second-order valence-corrected chi connectivity index (χ2v) is 3.80. The van der Waals surface area contributed by atoms with E-state index in [9.17, 15) is 0 Å². The van der Waals surface area contributed by atoms with Crippen LogP contribution in [0.15, 0.2) is 29.4 Å². The van der Waals surface area contributed by atoms with Gasteiger partial charge in [0.05, 0.1) is 0 Å². The molecule has 0 saturated carbocycles. The lowest BCUT2D eigenvalue weighted by atomic mass is 10.3. The number of aliphatic imine (C=N–C) groups is 1. The lowest BCUT2D eigenvalue weighted by Gasteiger charge is -2.33. The predicted molar refractivity (Wildman–Crippen MR) is 59.4 cm³/mol. The Balaban J connectivity index is 2.00. The molecule has 2 aliphatic heterocycles. The van der Waals surface area contributed by atoms with Crippen molar-refractivity contribution >= 4 is 5.84 Å². The van der Waals surface area contributed by atoms with Gasteiger partial charge in [-0.2, -0.15) is 0 Å². The number of amidine groups is 1. The Kier molecular flexibility index (Phi) is 2.99. The molecule has 0 spiro atoms. The minimum absolute atomic E-state index is 1.00. The summed E-state index contributed by atoms with van der Waals surface area (Å²) in [6.07, 6.45) is 9.29. The van der Waals surface area contributed by atoms with Gasteiger partial charge in [-0.25, -0.2) is 4.99 Å². The summed E-state index contributed by atoms with van der Waals surface area (Å²) >= 11 is 0. The summed E-state index contributed by atoms with van der Waals surface area (Å²) in [4.78, 5) is 9.14. The summed E-state index contributed by atoms with van der Waals surface area (Å²) in [6.45, 7) is 4.45. The molecule has 0 aliphatic carbocycles. The van der Waals surface area contributed by atoms with Crippen molar-refractivity contribution in [1.29, 1.82) is 0 Å². The maximum absolute atomic E-state index is 4.43. The third-order valence-corrected chi connectivity index (χ3v) is 2.68. The molecule has 1 saturated heterocycles. The Hall–Kier alpha value is -1.09. The minimum atomic E-state index is 1.00. The molecule has 0 amide bonds. The summed E-state index contributed by atoms with van der Waals surface area (Å²) < 4.78 is 0. The normalized spacial score (nSPS) is 23.5. The largest absolute Gasteiger partial charge is 0.354 e. The molecule has 3 heteroatoms. The van der Waals surface area contributed by atoms with E-state index >= 15 is 0 Å². The lowest BCUT2D eigenvalue weighted by Crippen LogP contribution is -2.46. The molecule has 2 aliphatic rings. The predicted octanol–water partition coefficient (Wildman–Crippen LogP) is 1.11. The molecule has 14 heavy (non-hydrogen) atoms. The van der Waals surface area contributed by atoms with Gasteiger partial charge >= 0.3 is 0 Å². The first-order valence-electron chi connectivity index (χ1n) is 5.19. The van der Waals surface area contributed by atoms with Crippen LogP contribution in [0, 0.1) is 0 Å². The van der Waals surface area contributed by atoms with Gasteiger partial charge in [0, 0.05) is 32.4 Å². The Labute approximate surface area is 85.4 Å². The average molecular weight is 191 g/mol. The third kappa shape index (κ3) is 2.23. The lowest BCUT2D eigenvalue weighted by molar-refractivity contribution is 0.216. The van der Waals surface area contributed by atoms with Crippen LogP contribution in [0.5, 0.6) is 0 Å². The maximum atomic E-state index is 4.43. The smallest absolute Gasteiger partial charge is 0.128 e. The van der Waals surface area contributed by atoms with Gasteiger partial charge in [-0.1, -0.05) is 12.2 Å². The van der Waals surface area contributed by atoms with Gasteiger partial charge in [0.2, 0.25) is 0 Å². The van der Waals surface area contributed by atoms with Gasteiger partial charge in [-0.3, -0.25) is 0 Å². The van der Waals surface area contributed by atoms with Crippen molar-refractivity contribution in [3.8, 4) is 0 Å². The molecular weight excluding hydrogens is 174 g/mol. The van der Waals surface area contributed by atoms with Gasteiger partial charge in [0.15, 0.2) is 0 Å². The molecule has 0 aromatic carbocycles. The van der Waals surface area contributed by atoms with Gasteiger partial charge in [-0.05, 0) is 19.5 Å². The van der Waals surface area contributed by atoms with Crippen LogP contribution in [-0.4, -0.2) is 48.9 Å². The molecular formula is C11H17N3. The topological polar surface area (TPSA) is 18.8 Å². The highest BCUT2D eigenvalue weighted by Crippen LogP contribution is 2.05. The van der Waals surface area contributed by atoms with Crippen molar-refractivity contribution in [2.75, 3.05) is 33.2 Å². The molecule has 0 atom stereocenters. The Morgan fingerprint density at radius 2 is 1.93 bits per heavy atom. The number of likely N-dealkylation sites (N-methyl/N-ethyl adjacent to an activating group) is 1. The number of rotatable bonds is 0. The zero-order valence-corrected chi connectivity index (χ0v) is 8.69. The van der Waals surface area contributed by atoms with Crippen LogP contribution in [0.2, 0.25) is 0 Å². The van der Waals surface area contributed by atoms with Crippen LogP contribution in [0.25, 0.3) is 0 Å². The highest BCUT2D eigenvalue weighted by molar-refractivity contribution is 5.93. The second-order valence-electron chi connectivity index (χ2n) is 3.80. The molecule has 0 aromatic heterocycles. The van der Waals surface area contributed by atoms with Crippen molar-refractivity contribution in [3.05, 3.63) is 24.4 Å². The first kappa shape index (κ1) is 9.46. The first-order valence-corrected chi connectivity index (χ1v) is 5.19.